The minimum atomic E-state index is -0.334. The lowest BCUT2D eigenvalue weighted by Crippen LogP contribution is -2.34. The summed E-state index contributed by atoms with van der Waals surface area (Å²) >= 11 is 0. The van der Waals surface area contributed by atoms with Crippen molar-refractivity contribution in [1.29, 1.82) is 0 Å². The van der Waals surface area contributed by atoms with Gasteiger partial charge < -0.3 is 4.90 Å². The summed E-state index contributed by atoms with van der Waals surface area (Å²) in [6.07, 6.45) is 0.975. The van der Waals surface area contributed by atoms with Crippen molar-refractivity contribution in [2.24, 2.45) is 0 Å². The Balaban J connectivity index is 1.60. The fourth-order valence-corrected chi connectivity index (χ4v) is 3.83. The van der Waals surface area contributed by atoms with Gasteiger partial charge in [0.1, 0.15) is 11.6 Å². The Labute approximate surface area is 156 Å². The second kappa shape index (κ2) is 6.16. The predicted octanol–water partition coefficient (Wildman–Crippen LogP) is 4.05. The zero-order valence-corrected chi connectivity index (χ0v) is 14.9. The molecule has 1 aliphatic rings. The third kappa shape index (κ3) is 2.56. The molecule has 0 amide bonds. The minimum absolute atomic E-state index is 0.216. The summed E-state index contributed by atoms with van der Waals surface area (Å²) in [7, 11) is 0. The zero-order chi connectivity index (χ0) is 18.4. The van der Waals surface area contributed by atoms with Gasteiger partial charge in [-0.05, 0) is 48.7 Å². The van der Waals surface area contributed by atoms with Gasteiger partial charge in [-0.25, -0.2) is 4.39 Å². The fraction of sp³-hybridized carbons (Fsp3) is 0.190. The van der Waals surface area contributed by atoms with Crippen molar-refractivity contribution in [1.82, 2.24) is 19.8 Å². The van der Waals surface area contributed by atoms with Crippen LogP contribution in [0.3, 0.4) is 0 Å². The molecule has 0 fully saturated rings. The van der Waals surface area contributed by atoms with Crippen LogP contribution in [0.25, 0.3) is 17.0 Å². The fourth-order valence-electron chi connectivity index (χ4n) is 3.83. The van der Waals surface area contributed by atoms with Crippen LogP contribution in [0, 0.1) is 5.82 Å². The van der Waals surface area contributed by atoms with E-state index in [0.717, 1.165) is 18.8 Å². The van der Waals surface area contributed by atoms with Crippen molar-refractivity contribution in [3.63, 3.8) is 0 Å². The van der Waals surface area contributed by atoms with Gasteiger partial charge in [0.25, 0.3) is 0 Å². The van der Waals surface area contributed by atoms with Crippen LogP contribution < -0.4 is 4.90 Å². The van der Waals surface area contributed by atoms with Gasteiger partial charge in [0.05, 0.1) is 11.6 Å². The minimum Gasteiger partial charge on any atom is -0.348 e. The number of aromatic nitrogens is 4. The van der Waals surface area contributed by atoms with Crippen LogP contribution in [0.1, 0.15) is 24.1 Å². The van der Waals surface area contributed by atoms with Crippen LogP contribution in [0.2, 0.25) is 0 Å². The SMILES string of the molecule is CC1c2ccccc2CCN1c1ccc2nnc(-c3ccccc3F)n2n1. The van der Waals surface area contributed by atoms with Crippen LogP contribution in [0.15, 0.2) is 60.7 Å². The van der Waals surface area contributed by atoms with Gasteiger partial charge in [-0.3, -0.25) is 0 Å². The molecule has 0 aliphatic carbocycles. The topological polar surface area (TPSA) is 46.3 Å². The number of hydrogen-bond donors (Lipinski definition) is 0. The predicted molar refractivity (Wildman–Crippen MR) is 102 cm³/mol. The van der Waals surface area contributed by atoms with E-state index in [0.29, 0.717) is 17.0 Å². The molecule has 1 atom stereocenters. The van der Waals surface area contributed by atoms with E-state index < -0.39 is 0 Å². The molecule has 0 N–H and O–H groups in total. The zero-order valence-electron chi connectivity index (χ0n) is 14.9. The van der Waals surface area contributed by atoms with Crippen molar-refractivity contribution < 1.29 is 4.39 Å². The molecule has 0 radical (unpaired) electrons. The lowest BCUT2D eigenvalue weighted by Gasteiger charge is -2.36. The Bertz CT molecular complexity index is 1140. The second-order valence-electron chi connectivity index (χ2n) is 6.78. The highest BCUT2D eigenvalue weighted by atomic mass is 19.1. The molecule has 0 bridgehead atoms. The largest absolute Gasteiger partial charge is 0.348 e. The number of fused-ring (bicyclic) bond motifs is 2. The standard InChI is InChI=1S/C21H18FN5/c1-14-16-7-3-2-6-15(16)12-13-26(14)20-11-10-19-23-24-21(27(19)25-20)17-8-4-5-9-18(17)22/h2-11,14H,12-13H2,1H3. The lowest BCUT2D eigenvalue weighted by atomic mass is 9.94. The average Bonchev–Trinajstić information content (AvgIpc) is 3.12. The molecule has 6 heteroatoms. The number of rotatable bonds is 2. The van der Waals surface area contributed by atoms with E-state index in [9.17, 15) is 4.39 Å². The molecule has 1 unspecified atom stereocenters. The molecule has 4 aromatic rings. The van der Waals surface area contributed by atoms with Crippen molar-refractivity contribution in [2.45, 2.75) is 19.4 Å². The first kappa shape index (κ1) is 15.9. The Morgan fingerprint density at radius 1 is 0.963 bits per heavy atom. The van der Waals surface area contributed by atoms with Crippen LogP contribution in [0.5, 0.6) is 0 Å². The number of halogens is 1. The van der Waals surface area contributed by atoms with E-state index in [1.54, 1.807) is 22.7 Å². The molecular weight excluding hydrogens is 341 g/mol. The number of nitrogens with zero attached hydrogens (tertiary/aromatic N) is 5. The third-order valence-corrected chi connectivity index (χ3v) is 5.25. The maximum atomic E-state index is 14.2. The van der Waals surface area contributed by atoms with Gasteiger partial charge >= 0.3 is 0 Å². The van der Waals surface area contributed by atoms with E-state index in [2.05, 4.69) is 46.3 Å². The quantitative estimate of drug-likeness (QED) is 0.542. The summed E-state index contributed by atoms with van der Waals surface area (Å²) in [6.45, 7) is 3.07. The first-order valence-electron chi connectivity index (χ1n) is 9.04. The van der Waals surface area contributed by atoms with E-state index in [1.165, 1.54) is 17.2 Å². The highest BCUT2D eigenvalue weighted by molar-refractivity contribution is 5.60. The summed E-state index contributed by atoms with van der Waals surface area (Å²) in [5.41, 5.74) is 3.70. The van der Waals surface area contributed by atoms with Crippen LogP contribution in [-0.2, 0) is 6.42 Å². The van der Waals surface area contributed by atoms with E-state index >= 15 is 0 Å². The van der Waals surface area contributed by atoms with Crippen LogP contribution in [0.4, 0.5) is 10.2 Å². The molecule has 0 saturated carbocycles. The smallest absolute Gasteiger partial charge is 0.188 e. The molecule has 2 aromatic heterocycles. The molecule has 2 aromatic carbocycles. The lowest BCUT2D eigenvalue weighted by molar-refractivity contribution is 0.610. The van der Waals surface area contributed by atoms with Crippen LogP contribution >= 0.6 is 0 Å². The molecule has 0 spiro atoms. The Kier molecular flexibility index (Phi) is 3.63. The summed E-state index contributed by atoms with van der Waals surface area (Å²) in [5.74, 6) is 0.913. The molecule has 134 valence electrons. The Morgan fingerprint density at radius 2 is 1.78 bits per heavy atom. The van der Waals surface area contributed by atoms with Crippen molar-refractivity contribution in [3.05, 3.63) is 77.6 Å². The maximum Gasteiger partial charge on any atom is 0.188 e. The Hall–Kier alpha value is -3.28. The maximum absolute atomic E-state index is 14.2. The second-order valence-corrected chi connectivity index (χ2v) is 6.78. The number of hydrogen-bond acceptors (Lipinski definition) is 4. The van der Waals surface area contributed by atoms with Crippen molar-refractivity contribution in [2.75, 3.05) is 11.4 Å². The number of anilines is 1. The number of benzene rings is 2. The molecule has 1 aliphatic heterocycles. The van der Waals surface area contributed by atoms with Crippen molar-refractivity contribution >= 4 is 11.5 Å². The van der Waals surface area contributed by atoms with E-state index in [-0.39, 0.29) is 11.9 Å². The summed E-state index contributed by atoms with van der Waals surface area (Å²) < 4.78 is 15.9. The molecule has 27 heavy (non-hydrogen) atoms. The normalized spacial score (nSPS) is 16.5. The van der Waals surface area contributed by atoms with Gasteiger partial charge in [-0.15, -0.1) is 15.3 Å². The average molecular weight is 359 g/mol. The third-order valence-electron chi connectivity index (χ3n) is 5.25. The summed E-state index contributed by atoms with van der Waals surface area (Å²) in [6, 6.07) is 19.1. The van der Waals surface area contributed by atoms with E-state index in [1.807, 2.05) is 12.1 Å². The molecule has 5 nitrogen and oxygen atoms in total. The van der Waals surface area contributed by atoms with Gasteiger partial charge in [-0.1, -0.05) is 36.4 Å². The summed E-state index contributed by atoms with van der Waals surface area (Å²) in [5, 5.41) is 13.1. The first-order valence-corrected chi connectivity index (χ1v) is 9.04. The van der Waals surface area contributed by atoms with Gasteiger partial charge in [0.2, 0.25) is 0 Å². The molecular formula is C21H18FN5. The highest BCUT2D eigenvalue weighted by Gasteiger charge is 2.25. The van der Waals surface area contributed by atoms with Gasteiger partial charge in [0, 0.05) is 6.54 Å². The van der Waals surface area contributed by atoms with Gasteiger partial charge in [-0.2, -0.15) is 4.52 Å². The monoisotopic (exact) mass is 359 g/mol. The Morgan fingerprint density at radius 3 is 2.67 bits per heavy atom. The van der Waals surface area contributed by atoms with Crippen molar-refractivity contribution in [3.8, 4) is 11.4 Å². The first-order chi connectivity index (χ1) is 13.2. The van der Waals surface area contributed by atoms with Crippen LogP contribution in [-0.4, -0.2) is 26.4 Å². The summed E-state index contributed by atoms with van der Waals surface area (Å²) in [4.78, 5) is 2.27. The van der Waals surface area contributed by atoms with Gasteiger partial charge in [0.15, 0.2) is 11.5 Å². The highest BCUT2D eigenvalue weighted by Crippen LogP contribution is 2.32. The van der Waals surface area contributed by atoms with E-state index in [4.69, 9.17) is 5.10 Å². The molecule has 5 rings (SSSR count). The molecule has 0 saturated heterocycles. The molecule has 3 heterocycles.